The van der Waals surface area contributed by atoms with E-state index in [1.54, 1.807) is 24.3 Å². The van der Waals surface area contributed by atoms with E-state index >= 15 is 0 Å². The second-order valence-corrected chi connectivity index (χ2v) is 4.59. The predicted molar refractivity (Wildman–Crippen MR) is 72.9 cm³/mol. The van der Waals surface area contributed by atoms with Gasteiger partial charge in [0.2, 0.25) is 0 Å². The van der Waals surface area contributed by atoms with Crippen LogP contribution < -0.4 is 0 Å². The number of hydrogen-bond donors (Lipinski definition) is 0. The summed E-state index contributed by atoms with van der Waals surface area (Å²) in [6.45, 7) is 0. The van der Waals surface area contributed by atoms with Crippen LogP contribution in [-0.2, 0) is 0 Å². The van der Waals surface area contributed by atoms with Gasteiger partial charge in [-0.2, -0.15) is 0 Å². The highest BCUT2D eigenvalue weighted by atomic mass is 79.9. The van der Waals surface area contributed by atoms with Crippen molar-refractivity contribution < 1.29 is 9.85 Å². The zero-order valence-electron chi connectivity index (χ0n) is 9.45. The van der Waals surface area contributed by atoms with Crippen molar-refractivity contribution in [2.24, 2.45) is 0 Å². The molecule has 0 heterocycles. The standard InChI is InChI=1S/C12H7BrN2O4/c13-11-5-4-9(7-12(11)15(18)19)8-2-1-3-10(6-8)14(16)17/h1-7H. The molecule has 0 saturated heterocycles. The van der Waals surface area contributed by atoms with Crippen LogP contribution in [0.5, 0.6) is 0 Å². The average molecular weight is 323 g/mol. The molecule has 2 rings (SSSR count). The topological polar surface area (TPSA) is 86.3 Å². The molecule has 0 radical (unpaired) electrons. The monoisotopic (exact) mass is 322 g/mol. The van der Waals surface area contributed by atoms with Gasteiger partial charge in [-0.3, -0.25) is 20.2 Å². The molecule has 19 heavy (non-hydrogen) atoms. The first-order chi connectivity index (χ1) is 8.99. The van der Waals surface area contributed by atoms with Crippen LogP contribution in [0.1, 0.15) is 0 Å². The Morgan fingerprint density at radius 2 is 1.58 bits per heavy atom. The Morgan fingerprint density at radius 3 is 2.21 bits per heavy atom. The highest BCUT2D eigenvalue weighted by molar-refractivity contribution is 9.10. The van der Waals surface area contributed by atoms with Crippen LogP contribution in [0.3, 0.4) is 0 Å². The molecule has 0 spiro atoms. The van der Waals surface area contributed by atoms with Gasteiger partial charge in [0.25, 0.3) is 11.4 Å². The number of hydrogen-bond acceptors (Lipinski definition) is 4. The molecule has 7 heteroatoms. The van der Waals surface area contributed by atoms with E-state index in [0.29, 0.717) is 15.6 Å². The van der Waals surface area contributed by atoms with E-state index < -0.39 is 9.85 Å². The van der Waals surface area contributed by atoms with Crippen molar-refractivity contribution in [3.05, 3.63) is 67.2 Å². The van der Waals surface area contributed by atoms with Crippen LogP contribution in [0.15, 0.2) is 46.9 Å². The van der Waals surface area contributed by atoms with Crippen molar-refractivity contribution in [1.82, 2.24) is 0 Å². The van der Waals surface area contributed by atoms with Gasteiger partial charge >= 0.3 is 0 Å². The van der Waals surface area contributed by atoms with Crippen molar-refractivity contribution in [2.45, 2.75) is 0 Å². The highest BCUT2D eigenvalue weighted by Gasteiger charge is 2.14. The molecular weight excluding hydrogens is 316 g/mol. The summed E-state index contributed by atoms with van der Waals surface area (Å²) in [6.07, 6.45) is 0. The summed E-state index contributed by atoms with van der Waals surface area (Å²) in [4.78, 5) is 20.5. The van der Waals surface area contributed by atoms with E-state index in [1.807, 2.05) is 0 Å². The van der Waals surface area contributed by atoms with Crippen LogP contribution in [-0.4, -0.2) is 9.85 Å². The molecule has 2 aromatic rings. The molecule has 0 N–H and O–H groups in total. The van der Waals surface area contributed by atoms with Gasteiger partial charge in [-0.15, -0.1) is 0 Å². The Bertz CT molecular complexity index is 673. The molecule has 96 valence electrons. The first-order valence-corrected chi connectivity index (χ1v) is 5.97. The fourth-order valence-electron chi connectivity index (χ4n) is 1.63. The molecule has 0 aromatic heterocycles. The minimum absolute atomic E-state index is 0.0527. The highest BCUT2D eigenvalue weighted by Crippen LogP contribution is 2.31. The maximum absolute atomic E-state index is 10.8. The Kier molecular flexibility index (Phi) is 3.57. The van der Waals surface area contributed by atoms with E-state index in [0.717, 1.165) is 0 Å². The summed E-state index contributed by atoms with van der Waals surface area (Å²) in [7, 11) is 0. The maximum atomic E-state index is 10.8. The number of rotatable bonds is 3. The van der Waals surface area contributed by atoms with Gasteiger partial charge in [-0.25, -0.2) is 0 Å². The van der Waals surface area contributed by atoms with E-state index in [2.05, 4.69) is 15.9 Å². The van der Waals surface area contributed by atoms with Crippen molar-refractivity contribution >= 4 is 27.3 Å². The maximum Gasteiger partial charge on any atom is 0.284 e. The van der Waals surface area contributed by atoms with E-state index in [-0.39, 0.29) is 11.4 Å². The minimum atomic E-state index is -0.509. The summed E-state index contributed by atoms with van der Waals surface area (Å²) in [5.74, 6) is 0. The molecule has 0 atom stereocenters. The van der Waals surface area contributed by atoms with Gasteiger partial charge in [0.1, 0.15) is 0 Å². The lowest BCUT2D eigenvalue weighted by Crippen LogP contribution is -1.91. The fraction of sp³-hybridized carbons (Fsp3) is 0. The molecule has 0 aliphatic rings. The molecule has 6 nitrogen and oxygen atoms in total. The number of non-ortho nitro benzene ring substituents is 1. The Morgan fingerprint density at radius 1 is 0.895 bits per heavy atom. The Hall–Kier alpha value is -2.28. The number of nitrogens with zero attached hydrogens (tertiary/aromatic N) is 2. The van der Waals surface area contributed by atoms with Gasteiger partial charge in [-0.1, -0.05) is 18.2 Å². The van der Waals surface area contributed by atoms with Crippen molar-refractivity contribution in [3.63, 3.8) is 0 Å². The van der Waals surface area contributed by atoms with Crippen molar-refractivity contribution in [1.29, 1.82) is 0 Å². The zero-order chi connectivity index (χ0) is 14.0. The Labute approximate surface area is 116 Å². The van der Waals surface area contributed by atoms with Crippen LogP contribution >= 0.6 is 15.9 Å². The molecule has 0 bridgehead atoms. The third kappa shape index (κ3) is 2.76. The fourth-order valence-corrected chi connectivity index (χ4v) is 2.02. The van der Waals surface area contributed by atoms with E-state index in [9.17, 15) is 20.2 Å². The third-order valence-electron chi connectivity index (χ3n) is 2.53. The molecular formula is C12H7BrN2O4. The number of halogens is 1. The van der Waals surface area contributed by atoms with Gasteiger partial charge in [0, 0.05) is 18.2 Å². The first kappa shape index (κ1) is 13.2. The van der Waals surface area contributed by atoms with Gasteiger partial charge < -0.3 is 0 Å². The SMILES string of the molecule is O=[N+]([O-])c1cccc(-c2ccc(Br)c([N+](=O)[O-])c2)c1. The molecule has 0 fully saturated rings. The first-order valence-electron chi connectivity index (χ1n) is 5.18. The van der Waals surface area contributed by atoms with E-state index in [1.165, 1.54) is 18.2 Å². The minimum Gasteiger partial charge on any atom is -0.258 e. The summed E-state index contributed by atoms with van der Waals surface area (Å²) in [5.41, 5.74) is 0.982. The van der Waals surface area contributed by atoms with Crippen LogP contribution in [0.4, 0.5) is 11.4 Å². The molecule has 0 aliphatic heterocycles. The number of benzene rings is 2. The number of nitro groups is 2. The van der Waals surface area contributed by atoms with Gasteiger partial charge in [0.05, 0.1) is 14.3 Å². The largest absolute Gasteiger partial charge is 0.284 e. The van der Waals surface area contributed by atoms with Crippen molar-refractivity contribution in [2.75, 3.05) is 0 Å². The molecule has 0 saturated carbocycles. The lowest BCUT2D eigenvalue weighted by atomic mass is 10.0. The molecule has 0 aliphatic carbocycles. The van der Waals surface area contributed by atoms with E-state index in [4.69, 9.17) is 0 Å². The smallest absolute Gasteiger partial charge is 0.258 e. The summed E-state index contributed by atoms with van der Waals surface area (Å²) in [6, 6.07) is 10.6. The Balaban J connectivity index is 2.53. The lowest BCUT2D eigenvalue weighted by molar-refractivity contribution is -0.385. The second-order valence-electron chi connectivity index (χ2n) is 3.73. The van der Waals surface area contributed by atoms with Crippen LogP contribution in [0.25, 0.3) is 11.1 Å². The van der Waals surface area contributed by atoms with Crippen LogP contribution in [0, 0.1) is 20.2 Å². The second kappa shape index (κ2) is 5.15. The number of nitro benzene ring substituents is 2. The van der Waals surface area contributed by atoms with Gasteiger partial charge in [-0.05, 0) is 33.1 Å². The van der Waals surface area contributed by atoms with Crippen LogP contribution in [0.2, 0.25) is 0 Å². The lowest BCUT2D eigenvalue weighted by Gasteiger charge is -2.03. The van der Waals surface area contributed by atoms with Gasteiger partial charge in [0.15, 0.2) is 0 Å². The average Bonchev–Trinajstić information content (AvgIpc) is 2.39. The van der Waals surface area contributed by atoms with Crippen molar-refractivity contribution in [3.8, 4) is 11.1 Å². The zero-order valence-corrected chi connectivity index (χ0v) is 11.0. The quantitative estimate of drug-likeness (QED) is 0.632. The summed E-state index contributed by atoms with van der Waals surface area (Å²) >= 11 is 3.09. The molecule has 2 aromatic carbocycles. The predicted octanol–water partition coefficient (Wildman–Crippen LogP) is 3.93. The summed E-state index contributed by atoms with van der Waals surface area (Å²) in [5, 5.41) is 21.6. The molecule has 0 amide bonds. The molecule has 0 unspecified atom stereocenters. The summed E-state index contributed by atoms with van der Waals surface area (Å²) < 4.78 is 0.367. The normalized spacial score (nSPS) is 10.2. The third-order valence-corrected chi connectivity index (χ3v) is 3.20.